The van der Waals surface area contributed by atoms with Crippen molar-refractivity contribution in [3.05, 3.63) is 29.8 Å². The molecule has 0 aliphatic carbocycles. The second kappa shape index (κ2) is 9.45. The van der Waals surface area contributed by atoms with E-state index in [-0.39, 0.29) is 5.91 Å². The number of anilines is 1. The average Bonchev–Trinajstić information content (AvgIpc) is 2.45. The van der Waals surface area contributed by atoms with Gasteiger partial charge < -0.3 is 15.4 Å². The molecule has 23 heavy (non-hydrogen) atoms. The van der Waals surface area contributed by atoms with Gasteiger partial charge in [0.25, 0.3) is 0 Å². The summed E-state index contributed by atoms with van der Waals surface area (Å²) in [7, 11) is 0. The maximum Gasteiger partial charge on any atom is 0.407 e. The van der Waals surface area contributed by atoms with Crippen LogP contribution in [0.25, 0.3) is 0 Å². The van der Waals surface area contributed by atoms with Crippen LogP contribution >= 0.6 is 11.8 Å². The maximum atomic E-state index is 11.9. The van der Waals surface area contributed by atoms with Crippen LogP contribution in [0.5, 0.6) is 0 Å². The fourth-order valence-corrected chi connectivity index (χ4v) is 2.49. The SMILES string of the molecule is CCc1ccccc1NC(=O)CSCCNC(=O)OC(C)(C)C. The van der Waals surface area contributed by atoms with Crippen LogP contribution in [-0.4, -0.2) is 35.7 Å². The molecule has 2 amide bonds. The first kappa shape index (κ1) is 19.4. The van der Waals surface area contributed by atoms with Crippen molar-refractivity contribution in [2.75, 3.05) is 23.4 Å². The smallest absolute Gasteiger partial charge is 0.407 e. The number of carbonyl (C=O) groups excluding carboxylic acids is 2. The molecule has 128 valence electrons. The number of para-hydroxylation sites is 1. The minimum Gasteiger partial charge on any atom is -0.444 e. The Balaban J connectivity index is 2.21. The second-order valence-corrected chi connectivity index (χ2v) is 7.15. The Morgan fingerprint density at radius 1 is 1.22 bits per heavy atom. The van der Waals surface area contributed by atoms with Gasteiger partial charge in [-0.3, -0.25) is 4.79 Å². The molecule has 0 unspecified atom stereocenters. The molecule has 0 aromatic heterocycles. The van der Waals surface area contributed by atoms with Crippen molar-refractivity contribution < 1.29 is 14.3 Å². The number of hydrogen-bond donors (Lipinski definition) is 2. The Kier molecular flexibility index (Phi) is 7.95. The summed E-state index contributed by atoms with van der Waals surface area (Å²) in [5.74, 6) is 0.976. The first-order valence-corrected chi connectivity index (χ1v) is 8.89. The van der Waals surface area contributed by atoms with E-state index in [1.54, 1.807) is 0 Å². The lowest BCUT2D eigenvalue weighted by Gasteiger charge is -2.19. The lowest BCUT2D eigenvalue weighted by atomic mass is 10.1. The highest BCUT2D eigenvalue weighted by molar-refractivity contribution is 7.99. The molecule has 2 N–H and O–H groups in total. The zero-order chi connectivity index (χ0) is 17.3. The van der Waals surface area contributed by atoms with Gasteiger partial charge in [-0.15, -0.1) is 0 Å². The van der Waals surface area contributed by atoms with Gasteiger partial charge in [-0.25, -0.2) is 4.79 Å². The Morgan fingerprint density at radius 2 is 1.91 bits per heavy atom. The van der Waals surface area contributed by atoms with E-state index in [2.05, 4.69) is 17.6 Å². The molecule has 0 bridgehead atoms. The van der Waals surface area contributed by atoms with E-state index in [0.29, 0.717) is 18.1 Å². The molecule has 0 aliphatic heterocycles. The number of nitrogens with one attached hydrogen (secondary N) is 2. The van der Waals surface area contributed by atoms with Crippen LogP contribution in [0.4, 0.5) is 10.5 Å². The molecular weight excluding hydrogens is 312 g/mol. The molecule has 6 heteroatoms. The van der Waals surface area contributed by atoms with Gasteiger partial charge in [0.1, 0.15) is 5.60 Å². The van der Waals surface area contributed by atoms with Crippen molar-refractivity contribution in [2.45, 2.75) is 39.7 Å². The molecule has 0 atom stereocenters. The van der Waals surface area contributed by atoms with Crippen LogP contribution in [0.1, 0.15) is 33.3 Å². The largest absolute Gasteiger partial charge is 0.444 e. The predicted molar refractivity (Wildman–Crippen MR) is 96.0 cm³/mol. The Morgan fingerprint density at radius 3 is 2.57 bits per heavy atom. The number of alkyl carbamates (subject to hydrolysis) is 1. The summed E-state index contributed by atoms with van der Waals surface area (Å²) in [5, 5.41) is 5.59. The lowest BCUT2D eigenvalue weighted by molar-refractivity contribution is -0.113. The fourth-order valence-electron chi connectivity index (χ4n) is 1.84. The maximum absolute atomic E-state index is 11.9. The molecule has 1 aromatic carbocycles. The summed E-state index contributed by atoms with van der Waals surface area (Å²) in [6, 6.07) is 7.79. The van der Waals surface area contributed by atoms with Gasteiger partial charge in [0.05, 0.1) is 5.75 Å². The van der Waals surface area contributed by atoms with Crippen LogP contribution in [0.2, 0.25) is 0 Å². The first-order chi connectivity index (χ1) is 10.8. The number of carbonyl (C=O) groups is 2. The summed E-state index contributed by atoms with van der Waals surface area (Å²) in [6.45, 7) is 7.99. The normalized spacial score (nSPS) is 11.0. The topological polar surface area (TPSA) is 67.4 Å². The van der Waals surface area contributed by atoms with Gasteiger partial charge in [-0.2, -0.15) is 11.8 Å². The highest BCUT2D eigenvalue weighted by Gasteiger charge is 2.15. The average molecular weight is 338 g/mol. The zero-order valence-corrected chi connectivity index (χ0v) is 15.1. The van der Waals surface area contributed by atoms with Crippen LogP contribution in [0.3, 0.4) is 0 Å². The van der Waals surface area contributed by atoms with Gasteiger partial charge in [0.15, 0.2) is 0 Å². The van der Waals surface area contributed by atoms with E-state index in [9.17, 15) is 9.59 Å². The number of aryl methyl sites for hydroxylation is 1. The summed E-state index contributed by atoms with van der Waals surface area (Å²) in [6.07, 6.45) is 0.447. The van der Waals surface area contributed by atoms with E-state index < -0.39 is 11.7 Å². The quantitative estimate of drug-likeness (QED) is 0.747. The zero-order valence-electron chi connectivity index (χ0n) is 14.3. The highest BCUT2D eigenvalue weighted by atomic mass is 32.2. The number of amides is 2. The number of ether oxygens (including phenoxy) is 1. The number of benzene rings is 1. The van der Waals surface area contributed by atoms with E-state index in [0.717, 1.165) is 17.7 Å². The fraction of sp³-hybridized carbons (Fsp3) is 0.529. The van der Waals surface area contributed by atoms with Crippen molar-refractivity contribution in [2.24, 2.45) is 0 Å². The molecule has 0 spiro atoms. The van der Waals surface area contributed by atoms with Crippen LogP contribution in [-0.2, 0) is 16.0 Å². The molecule has 0 heterocycles. The molecule has 1 aromatic rings. The number of thioether (sulfide) groups is 1. The van der Waals surface area contributed by atoms with Crippen LogP contribution < -0.4 is 10.6 Å². The molecule has 0 aliphatic rings. The van der Waals surface area contributed by atoms with Gasteiger partial charge in [-0.1, -0.05) is 25.1 Å². The number of hydrogen-bond acceptors (Lipinski definition) is 4. The monoisotopic (exact) mass is 338 g/mol. The number of rotatable bonds is 7. The van der Waals surface area contributed by atoms with Crippen molar-refractivity contribution in [1.82, 2.24) is 5.32 Å². The Bertz CT molecular complexity index is 527. The molecule has 5 nitrogen and oxygen atoms in total. The third kappa shape index (κ3) is 8.50. The molecule has 1 rings (SSSR count). The summed E-state index contributed by atoms with van der Waals surface area (Å²) >= 11 is 1.47. The van der Waals surface area contributed by atoms with Crippen molar-refractivity contribution in [3.63, 3.8) is 0 Å². The molecular formula is C17H26N2O3S. The minimum absolute atomic E-state index is 0.0341. The van der Waals surface area contributed by atoms with Gasteiger partial charge in [0, 0.05) is 18.0 Å². The minimum atomic E-state index is -0.496. The Labute approximate surface area is 142 Å². The van der Waals surface area contributed by atoms with Crippen LogP contribution in [0, 0.1) is 0 Å². The van der Waals surface area contributed by atoms with Crippen molar-refractivity contribution >= 4 is 29.4 Å². The summed E-state index contributed by atoms with van der Waals surface area (Å²) < 4.78 is 5.13. The third-order valence-electron chi connectivity index (χ3n) is 2.82. The van der Waals surface area contributed by atoms with E-state index >= 15 is 0 Å². The van der Waals surface area contributed by atoms with Gasteiger partial charge >= 0.3 is 6.09 Å². The highest BCUT2D eigenvalue weighted by Crippen LogP contribution is 2.15. The van der Waals surface area contributed by atoms with Crippen molar-refractivity contribution in [1.29, 1.82) is 0 Å². The second-order valence-electron chi connectivity index (χ2n) is 6.04. The van der Waals surface area contributed by atoms with Crippen molar-refractivity contribution in [3.8, 4) is 0 Å². The summed E-state index contributed by atoms with van der Waals surface area (Å²) in [4.78, 5) is 23.4. The van der Waals surface area contributed by atoms with Gasteiger partial charge in [0.2, 0.25) is 5.91 Å². The van der Waals surface area contributed by atoms with E-state index in [4.69, 9.17) is 4.74 Å². The third-order valence-corrected chi connectivity index (χ3v) is 3.78. The molecule has 0 saturated carbocycles. The molecule has 0 radical (unpaired) electrons. The molecule has 0 fully saturated rings. The standard InChI is InChI=1S/C17H26N2O3S/c1-5-13-8-6-7-9-14(13)19-15(20)12-23-11-10-18-16(21)22-17(2,3)4/h6-9H,5,10-12H2,1-4H3,(H,18,21)(H,19,20). The van der Waals surface area contributed by atoms with E-state index in [1.807, 2.05) is 45.0 Å². The van der Waals surface area contributed by atoms with E-state index in [1.165, 1.54) is 11.8 Å². The van der Waals surface area contributed by atoms with Crippen LogP contribution in [0.15, 0.2) is 24.3 Å². The molecule has 0 saturated heterocycles. The summed E-state index contributed by atoms with van der Waals surface area (Å²) in [5.41, 5.74) is 1.49. The Hall–Kier alpha value is -1.69. The predicted octanol–water partition coefficient (Wildman–Crippen LogP) is 3.45. The first-order valence-electron chi connectivity index (χ1n) is 7.74. The van der Waals surface area contributed by atoms with Gasteiger partial charge in [-0.05, 0) is 38.8 Å². The lowest BCUT2D eigenvalue weighted by Crippen LogP contribution is -2.33.